The summed E-state index contributed by atoms with van der Waals surface area (Å²) in [5.41, 5.74) is 0. The van der Waals surface area contributed by atoms with Gasteiger partial charge in [0.2, 0.25) is 0 Å². The van der Waals surface area contributed by atoms with Crippen LogP contribution in [0.25, 0.3) is 0 Å². The second-order valence-electron chi connectivity index (χ2n) is 4.22. The van der Waals surface area contributed by atoms with Crippen LogP contribution < -0.4 is 5.32 Å². The minimum atomic E-state index is 0. The Kier molecular flexibility index (Phi) is 5.17. The molecule has 2 atom stereocenters. The van der Waals surface area contributed by atoms with E-state index in [4.69, 9.17) is 0 Å². The van der Waals surface area contributed by atoms with Gasteiger partial charge in [0.15, 0.2) is 0 Å². The van der Waals surface area contributed by atoms with Crippen LogP contribution in [-0.4, -0.2) is 48.3 Å². The Morgan fingerprint density at radius 1 is 1.29 bits per heavy atom. The summed E-state index contributed by atoms with van der Waals surface area (Å²) >= 11 is 0. The molecular formula is C10H21ClN2O. The van der Waals surface area contributed by atoms with Crippen molar-refractivity contribution in [3.63, 3.8) is 0 Å². The normalized spacial score (nSPS) is 34.1. The molecule has 0 saturated carbocycles. The van der Waals surface area contributed by atoms with E-state index in [1.165, 1.54) is 38.8 Å². The third kappa shape index (κ3) is 2.60. The van der Waals surface area contributed by atoms with Gasteiger partial charge in [0.25, 0.3) is 0 Å². The number of piperidine rings is 1. The Balaban J connectivity index is 0.000000980. The van der Waals surface area contributed by atoms with Gasteiger partial charge in [-0.2, -0.15) is 0 Å². The first-order valence-corrected chi connectivity index (χ1v) is 5.49. The smallest absolute Gasteiger partial charge is 0.0587 e. The van der Waals surface area contributed by atoms with Gasteiger partial charge in [0.05, 0.1) is 6.61 Å². The van der Waals surface area contributed by atoms with E-state index in [-0.39, 0.29) is 12.4 Å². The molecule has 2 aliphatic rings. The lowest BCUT2D eigenvalue weighted by Gasteiger charge is -2.35. The van der Waals surface area contributed by atoms with Crippen LogP contribution in [0.3, 0.4) is 0 Å². The summed E-state index contributed by atoms with van der Waals surface area (Å²) in [6.07, 6.45) is 5.05. The zero-order chi connectivity index (χ0) is 9.10. The maximum absolute atomic E-state index is 9.21. The highest BCUT2D eigenvalue weighted by Gasteiger charge is 2.30. The topological polar surface area (TPSA) is 35.5 Å². The fraction of sp³-hybridized carbons (Fsp3) is 1.00. The van der Waals surface area contributed by atoms with Gasteiger partial charge in [-0.05, 0) is 38.8 Å². The second-order valence-corrected chi connectivity index (χ2v) is 4.22. The molecule has 4 heteroatoms. The molecule has 2 fully saturated rings. The van der Waals surface area contributed by atoms with Gasteiger partial charge in [-0.3, -0.25) is 4.90 Å². The number of aliphatic hydroxyl groups excluding tert-OH is 1. The molecule has 2 aliphatic heterocycles. The summed E-state index contributed by atoms with van der Waals surface area (Å²) in [4.78, 5) is 2.51. The molecule has 0 radical (unpaired) electrons. The molecule has 0 bridgehead atoms. The van der Waals surface area contributed by atoms with Crippen LogP contribution in [0.15, 0.2) is 0 Å². The third-order valence-electron chi connectivity index (χ3n) is 3.37. The molecule has 2 saturated heterocycles. The van der Waals surface area contributed by atoms with Gasteiger partial charge in [0, 0.05) is 18.6 Å². The molecule has 0 aromatic heterocycles. The van der Waals surface area contributed by atoms with Gasteiger partial charge < -0.3 is 10.4 Å². The lowest BCUT2D eigenvalue weighted by Crippen LogP contribution is -2.48. The Morgan fingerprint density at radius 3 is 2.79 bits per heavy atom. The molecule has 2 rings (SSSR count). The van der Waals surface area contributed by atoms with Crippen molar-refractivity contribution in [2.45, 2.75) is 37.8 Å². The van der Waals surface area contributed by atoms with Gasteiger partial charge in [-0.25, -0.2) is 0 Å². The molecule has 0 aliphatic carbocycles. The highest BCUT2D eigenvalue weighted by molar-refractivity contribution is 5.85. The predicted octanol–water partition coefficient (Wildman–Crippen LogP) is 0.617. The standard InChI is InChI=1S/C10H20N2O.ClH/c13-8-10-4-2-6-12(10)9-3-1-5-11-7-9;/h9-11,13H,1-8H2;1H/t9?,10-;/m1./s1. The minimum Gasteiger partial charge on any atom is -0.395 e. The molecule has 84 valence electrons. The van der Waals surface area contributed by atoms with Gasteiger partial charge in [-0.1, -0.05) is 0 Å². The highest BCUT2D eigenvalue weighted by Crippen LogP contribution is 2.22. The Morgan fingerprint density at radius 2 is 2.14 bits per heavy atom. The number of nitrogens with one attached hydrogen (secondary N) is 1. The average molecular weight is 221 g/mol. The SMILES string of the molecule is Cl.OC[C@H]1CCCN1C1CCCNC1. The van der Waals surface area contributed by atoms with Crippen LogP contribution in [0, 0.1) is 0 Å². The summed E-state index contributed by atoms with van der Waals surface area (Å²) in [6, 6.07) is 1.14. The van der Waals surface area contributed by atoms with E-state index < -0.39 is 0 Å². The number of nitrogens with zero attached hydrogens (tertiary/aromatic N) is 1. The van der Waals surface area contributed by atoms with Crippen LogP contribution >= 0.6 is 12.4 Å². The molecule has 2 N–H and O–H groups in total. The van der Waals surface area contributed by atoms with E-state index in [2.05, 4.69) is 10.2 Å². The maximum Gasteiger partial charge on any atom is 0.0587 e. The van der Waals surface area contributed by atoms with Crippen molar-refractivity contribution in [3.05, 3.63) is 0 Å². The van der Waals surface area contributed by atoms with E-state index in [1.54, 1.807) is 0 Å². The summed E-state index contributed by atoms with van der Waals surface area (Å²) < 4.78 is 0. The fourth-order valence-electron chi connectivity index (χ4n) is 2.65. The van der Waals surface area contributed by atoms with E-state index in [0.717, 1.165) is 6.54 Å². The van der Waals surface area contributed by atoms with Crippen LogP contribution in [0.4, 0.5) is 0 Å². The Bertz CT molecular complexity index is 162. The van der Waals surface area contributed by atoms with Gasteiger partial charge in [0.1, 0.15) is 0 Å². The van der Waals surface area contributed by atoms with Crippen LogP contribution in [0.1, 0.15) is 25.7 Å². The number of aliphatic hydroxyl groups is 1. The van der Waals surface area contributed by atoms with E-state index in [9.17, 15) is 5.11 Å². The van der Waals surface area contributed by atoms with Crippen molar-refractivity contribution >= 4 is 12.4 Å². The molecular weight excluding hydrogens is 200 g/mol. The van der Waals surface area contributed by atoms with Gasteiger partial charge >= 0.3 is 0 Å². The maximum atomic E-state index is 9.21. The lowest BCUT2D eigenvalue weighted by molar-refractivity contribution is 0.104. The minimum absolute atomic E-state index is 0. The number of rotatable bonds is 2. The molecule has 0 aromatic rings. The number of hydrogen-bond donors (Lipinski definition) is 2. The van der Waals surface area contributed by atoms with Crippen molar-refractivity contribution in [1.29, 1.82) is 0 Å². The number of hydrogen-bond acceptors (Lipinski definition) is 3. The van der Waals surface area contributed by atoms with Crippen LogP contribution in [0.2, 0.25) is 0 Å². The third-order valence-corrected chi connectivity index (χ3v) is 3.37. The van der Waals surface area contributed by atoms with Gasteiger partial charge in [-0.15, -0.1) is 12.4 Å². The van der Waals surface area contributed by atoms with Crippen molar-refractivity contribution in [3.8, 4) is 0 Å². The zero-order valence-electron chi connectivity index (χ0n) is 8.61. The largest absolute Gasteiger partial charge is 0.395 e. The first kappa shape index (κ1) is 12.2. The molecule has 1 unspecified atom stereocenters. The average Bonchev–Trinajstić information content (AvgIpc) is 2.67. The molecule has 0 spiro atoms. The first-order valence-electron chi connectivity index (χ1n) is 5.49. The van der Waals surface area contributed by atoms with Crippen molar-refractivity contribution < 1.29 is 5.11 Å². The Labute approximate surface area is 92.3 Å². The summed E-state index contributed by atoms with van der Waals surface area (Å²) in [5, 5.41) is 12.6. The van der Waals surface area contributed by atoms with Crippen LogP contribution in [-0.2, 0) is 0 Å². The van der Waals surface area contributed by atoms with E-state index in [0.29, 0.717) is 18.7 Å². The number of likely N-dealkylation sites (tertiary alicyclic amines) is 1. The molecule has 2 heterocycles. The number of halogens is 1. The van der Waals surface area contributed by atoms with Crippen LogP contribution in [0.5, 0.6) is 0 Å². The van der Waals surface area contributed by atoms with Crippen molar-refractivity contribution in [2.75, 3.05) is 26.2 Å². The zero-order valence-corrected chi connectivity index (χ0v) is 9.43. The molecule has 14 heavy (non-hydrogen) atoms. The van der Waals surface area contributed by atoms with Crippen molar-refractivity contribution in [2.24, 2.45) is 0 Å². The second kappa shape index (κ2) is 5.91. The molecule has 0 amide bonds. The highest BCUT2D eigenvalue weighted by atomic mass is 35.5. The fourth-order valence-corrected chi connectivity index (χ4v) is 2.65. The summed E-state index contributed by atoms with van der Waals surface area (Å²) in [5.74, 6) is 0. The first-order chi connectivity index (χ1) is 6.42. The quantitative estimate of drug-likeness (QED) is 0.716. The van der Waals surface area contributed by atoms with E-state index >= 15 is 0 Å². The summed E-state index contributed by atoms with van der Waals surface area (Å²) in [7, 11) is 0. The van der Waals surface area contributed by atoms with Crippen molar-refractivity contribution in [1.82, 2.24) is 10.2 Å². The summed E-state index contributed by atoms with van der Waals surface area (Å²) in [6.45, 7) is 3.83. The Hall–Kier alpha value is 0.170. The molecule has 0 aromatic carbocycles. The molecule has 3 nitrogen and oxygen atoms in total. The lowest BCUT2D eigenvalue weighted by atomic mass is 10.1. The predicted molar refractivity (Wildman–Crippen MR) is 60.0 cm³/mol. The monoisotopic (exact) mass is 220 g/mol. The van der Waals surface area contributed by atoms with E-state index in [1.807, 2.05) is 0 Å².